The van der Waals surface area contributed by atoms with E-state index in [1.54, 1.807) is 6.92 Å². The summed E-state index contributed by atoms with van der Waals surface area (Å²) < 4.78 is 25.8. The maximum absolute atomic E-state index is 10.6. The molecule has 0 fully saturated rings. The lowest BCUT2D eigenvalue weighted by Crippen LogP contribution is -2.00. The third kappa shape index (κ3) is 2.83. The Hall–Kier alpha value is -0.550. The van der Waals surface area contributed by atoms with Crippen molar-refractivity contribution in [2.45, 2.75) is 13.3 Å². The molecule has 0 aliphatic heterocycles. The summed E-state index contributed by atoms with van der Waals surface area (Å²) in [5.74, 6) is 0.548. The van der Waals surface area contributed by atoms with Gasteiger partial charge in [0.2, 0.25) is 9.05 Å². The van der Waals surface area contributed by atoms with Gasteiger partial charge in [0, 0.05) is 16.2 Å². The highest BCUT2D eigenvalue weighted by atomic mass is 35.7. The van der Waals surface area contributed by atoms with Crippen molar-refractivity contribution in [3.05, 3.63) is 17.5 Å². The Kier molecular flexibility index (Phi) is 2.74. The Bertz CT molecular complexity index is 357. The number of rotatable bonds is 3. The molecule has 0 atom stereocenters. The van der Waals surface area contributed by atoms with Gasteiger partial charge >= 0.3 is 0 Å². The van der Waals surface area contributed by atoms with Gasteiger partial charge in [0.25, 0.3) is 0 Å². The topological polar surface area (TPSA) is 60.2 Å². The van der Waals surface area contributed by atoms with Gasteiger partial charge < -0.3 is 4.52 Å². The summed E-state index contributed by atoms with van der Waals surface area (Å²) in [5, 5.41) is 3.51. The molecule has 0 bridgehead atoms. The largest absolute Gasteiger partial charge is 0.361 e. The van der Waals surface area contributed by atoms with E-state index in [-0.39, 0.29) is 5.75 Å². The van der Waals surface area contributed by atoms with Gasteiger partial charge in [-0.05, 0) is 13.3 Å². The number of hydrogen-bond donors (Lipinski definition) is 0. The van der Waals surface area contributed by atoms with Crippen LogP contribution < -0.4 is 0 Å². The molecule has 0 saturated carbocycles. The Morgan fingerprint density at radius 1 is 1.67 bits per heavy atom. The monoisotopic (exact) mass is 209 g/mol. The van der Waals surface area contributed by atoms with Gasteiger partial charge in [0.05, 0.1) is 11.9 Å². The van der Waals surface area contributed by atoms with Crippen molar-refractivity contribution in [3.8, 4) is 0 Å². The molecule has 12 heavy (non-hydrogen) atoms. The molecule has 1 aromatic heterocycles. The molecule has 0 saturated heterocycles. The highest BCUT2D eigenvalue weighted by molar-refractivity contribution is 8.13. The minimum Gasteiger partial charge on any atom is -0.361 e. The molecule has 0 unspecified atom stereocenters. The molecule has 4 nitrogen and oxygen atoms in total. The van der Waals surface area contributed by atoms with E-state index in [1.807, 2.05) is 0 Å². The fraction of sp³-hybridized carbons (Fsp3) is 0.500. The average Bonchev–Trinajstić information content (AvgIpc) is 2.29. The predicted octanol–water partition coefficient (Wildman–Crippen LogP) is 1.09. The van der Waals surface area contributed by atoms with E-state index in [0.717, 1.165) is 5.56 Å². The van der Waals surface area contributed by atoms with Crippen LogP contribution in [0.2, 0.25) is 0 Å². The zero-order chi connectivity index (χ0) is 9.19. The number of nitrogens with zero attached hydrogens (tertiary/aromatic N) is 1. The molecule has 1 rings (SSSR count). The molecule has 0 N–H and O–H groups in total. The third-order valence-electron chi connectivity index (χ3n) is 1.47. The van der Waals surface area contributed by atoms with Crippen molar-refractivity contribution < 1.29 is 12.9 Å². The molecular weight excluding hydrogens is 202 g/mol. The lowest BCUT2D eigenvalue weighted by atomic mass is 10.2. The maximum Gasteiger partial charge on any atom is 0.232 e. The quantitative estimate of drug-likeness (QED) is 0.700. The van der Waals surface area contributed by atoms with Crippen LogP contribution in [-0.4, -0.2) is 19.3 Å². The van der Waals surface area contributed by atoms with Crippen LogP contribution in [-0.2, 0) is 15.5 Å². The third-order valence-corrected chi connectivity index (χ3v) is 2.62. The number of aromatic nitrogens is 1. The van der Waals surface area contributed by atoms with Crippen LogP contribution in [0.15, 0.2) is 10.7 Å². The van der Waals surface area contributed by atoms with Crippen LogP contribution in [0.1, 0.15) is 11.3 Å². The van der Waals surface area contributed by atoms with Gasteiger partial charge in [-0.1, -0.05) is 5.16 Å². The van der Waals surface area contributed by atoms with Gasteiger partial charge in [-0.2, -0.15) is 0 Å². The molecule has 68 valence electrons. The Balaban J connectivity index is 2.61. The second-order valence-electron chi connectivity index (χ2n) is 2.40. The SMILES string of the molecule is Cc1oncc1CCS(=O)(=O)Cl. The highest BCUT2D eigenvalue weighted by Gasteiger charge is 2.09. The van der Waals surface area contributed by atoms with Crippen molar-refractivity contribution in [3.63, 3.8) is 0 Å². The average molecular weight is 210 g/mol. The van der Waals surface area contributed by atoms with E-state index in [9.17, 15) is 8.42 Å². The normalized spacial score (nSPS) is 11.8. The minimum atomic E-state index is -3.41. The smallest absolute Gasteiger partial charge is 0.232 e. The summed E-state index contributed by atoms with van der Waals surface area (Å²) in [7, 11) is 1.61. The molecule has 0 amide bonds. The molecular formula is C6H8ClNO3S. The number of halogens is 1. The lowest BCUT2D eigenvalue weighted by molar-refractivity contribution is 0.396. The van der Waals surface area contributed by atoms with E-state index in [4.69, 9.17) is 15.2 Å². The number of hydrogen-bond acceptors (Lipinski definition) is 4. The van der Waals surface area contributed by atoms with Crippen LogP contribution in [0.5, 0.6) is 0 Å². The zero-order valence-electron chi connectivity index (χ0n) is 6.45. The maximum atomic E-state index is 10.6. The van der Waals surface area contributed by atoms with Gasteiger partial charge in [-0.3, -0.25) is 0 Å². The molecule has 6 heteroatoms. The fourth-order valence-electron chi connectivity index (χ4n) is 0.791. The predicted molar refractivity (Wildman–Crippen MR) is 44.6 cm³/mol. The fourth-order valence-corrected chi connectivity index (χ4v) is 1.49. The van der Waals surface area contributed by atoms with Crippen LogP contribution in [0.3, 0.4) is 0 Å². The van der Waals surface area contributed by atoms with Crippen molar-refractivity contribution in [1.82, 2.24) is 5.16 Å². The summed E-state index contributed by atoms with van der Waals surface area (Å²) in [5.41, 5.74) is 0.777. The molecule has 1 aromatic rings. The van der Waals surface area contributed by atoms with E-state index in [2.05, 4.69) is 5.16 Å². The Morgan fingerprint density at radius 2 is 2.33 bits per heavy atom. The molecule has 0 radical (unpaired) electrons. The second-order valence-corrected chi connectivity index (χ2v) is 5.30. The van der Waals surface area contributed by atoms with Crippen molar-refractivity contribution in [2.75, 3.05) is 5.75 Å². The van der Waals surface area contributed by atoms with Crippen LogP contribution >= 0.6 is 10.7 Å². The van der Waals surface area contributed by atoms with E-state index >= 15 is 0 Å². The summed E-state index contributed by atoms with van der Waals surface area (Å²) in [4.78, 5) is 0. The summed E-state index contributed by atoms with van der Waals surface area (Å²) in [6.45, 7) is 1.73. The zero-order valence-corrected chi connectivity index (χ0v) is 8.02. The molecule has 0 spiro atoms. The van der Waals surface area contributed by atoms with E-state index in [1.165, 1.54) is 6.20 Å². The Morgan fingerprint density at radius 3 is 2.75 bits per heavy atom. The second kappa shape index (κ2) is 3.45. The van der Waals surface area contributed by atoms with Crippen molar-refractivity contribution in [2.24, 2.45) is 0 Å². The van der Waals surface area contributed by atoms with Crippen LogP contribution in [0.25, 0.3) is 0 Å². The van der Waals surface area contributed by atoms with E-state index in [0.29, 0.717) is 12.2 Å². The first kappa shape index (κ1) is 9.54. The first-order chi connectivity index (χ1) is 5.49. The summed E-state index contributed by atoms with van der Waals surface area (Å²) in [6.07, 6.45) is 1.85. The van der Waals surface area contributed by atoms with Crippen molar-refractivity contribution in [1.29, 1.82) is 0 Å². The molecule has 0 aliphatic carbocycles. The standard InChI is InChI=1S/C6H8ClNO3S/c1-5-6(4-8-11-5)2-3-12(7,9)10/h4H,2-3H2,1H3. The minimum absolute atomic E-state index is 0.0867. The van der Waals surface area contributed by atoms with Crippen LogP contribution in [0, 0.1) is 6.92 Å². The number of aryl methyl sites for hydroxylation is 2. The van der Waals surface area contributed by atoms with Gasteiger partial charge in [0.15, 0.2) is 0 Å². The van der Waals surface area contributed by atoms with Gasteiger partial charge in [-0.25, -0.2) is 8.42 Å². The Labute approximate surface area is 74.9 Å². The lowest BCUT2D eigenvalue weighted by Gasteiger charge is -1.93. The van der Waals surface area contributed by atoms with Crippen molar-refractivity contribution >= 4 is 19.7 Å². The first-order valence-corrected chi connectivity index (χ1v) is 5.79. The van der Waals surface area contributed by atoms with Gasteiger partial charge in [0.1, 0.15) is 5.76 Å². The van der Waals surface area contributed by atoms with E-state index < -0.39 is 9.05 Å². The molecule has 1 heterocycles. The molecule has 0 aliphatic rings. The van der Waals surface area contributed by atoms with Gasteiger partial charge in [-0.15, -0.1) is 0 Å². The summed E-state index contributed by atoms with van der Waals surface area (Å²) in [6, 6.07) is 0. The molecule has 0 aromatic carbocycles. The highest BCUT2D eigenvalue weighted by Crippen LogP contribution is 2.09. The summed E-state index contributed by atoms with van der Waals surface area (Å²) >= 11 is 0. The first-order valence-electron chi connectivity index (χ1n) is 3.31. The van der Waals surface area contributed by atoms with Crippen LogP contribution in [0.4, 0.5) is 0 Å².